The lowest BCUT2D eigenvalue weighted by atomic mass is 9.90. The number of pyridine rings is 1. The summed E-state index contributed by atoms with van der Waals surface area (Å²) < 4.78 is 14.9. The Kier molecular flexibility index (Phi) is 6.51. The second-order valence-corrected chi connectivity index (χ2v) is 8.00. The summed E-state index contributed by atoms with van der Waals surface area (Å²) in [7, 11) is 0. The van der Waals surface area contributed by atoms with Gasteiger partial charge in [-0.1, -0.05) is 11.6 Å². The molecule has 4 N–H and O–H groups in total. The molecular formula is C18H18ClFIN3O3. The van der Waals surface area contributed by atoms with E-state index in [1.54, 1.807) is 12.1 Å². The zero-order chi connectivity index (χ0) is 19.6. The summed E-state index contributed by atoms with van der Waals surface area (Å²) in [5.41, 5.74) is 0.643. The molecule has 144 valence electrons. The number of rotatable bonds is 4. The summed E-state index contributed by atoms with van der Waals surface area (Å²) in [4.78, 5) is 16.7. The number of amides is 1. The number of anilines is 2. The summed E-state index contributed by atoms with van der Waals surface area (Å²) >= 11 is 7.93. The van der Waals surface area contributed by atoms with Crippen molar-refractivity contribution in [2.75, 3.05) is 5.32 Å². The first-order chi connectivity index (χ1) is 12.8. The molecule has 0 bridgehead atoms. The molecule has 3 rings (SSSR count). The van der Waals surface area contributed by atoms with Crippen molar-refractivity contribution in [3.8, 4) is 0 Å². The van der Waals surface area contributed by atoms with E-state index in [4.69, 9.17) is 11.6 Å². The van der Waals surface area contributed by atoms with E-state index in [0.29, 0.717) is 19.3 Å². The summed E-state index contributed by atoms with van der Waals surface area (Å²) in [6.45, 7) is 0. The van der Waals surface area contributed by atoms with E-state index in [-0.39, 0.29) is 22.1 Å². The van der Waals surface area contributed by atoms with Gasteiger partial charge < -0.3 is 20.8 Å². The largest absolute Gasteiger partial charge is 0.390 e. The molecular weight excluding hydrogens is 488 g/mol. The van der Waals surface area contributed by atoms with Crippen molar-refractivity contribution in [2.24, 2.45) is 0 Å². The van der Waals surface area contributed by atoms with Gasteiger partial charge in [0.15, 0.2) is 0 Å². The molecule has 9 heteroatoms. The van der Waals surface area contributed by atoms with Crippen LogP contribution in [0.2, 0.25) is 5.15 Å². The Balaban J connectivity index is 1.84. The molecule has 27 heavy (non-hydrogen) atoms. The Hall–Kier alpha value is -1.49. The summed E-state index contributed by atoms with van der Waals surface area (Å²) in [6, 6.07) is 5.46. The van der Waals surface area contributed by atoms with Crippen LogP contribution in [0.4, 0.5) is 15.8 Å². The van der Waals surface area contributed by atoms with Crippen LogP contribution in [0, 0.1) is 9.39 Å². The molecule has 3 atom stereocenters. The molecule has 0 saturated heterocycles. The van der Waals surface area contributed by atoms with Gasteiger partial charge in [0, 0.05) is 3.57 Å². The van der Waals surface area contributed by atoms with Gasteiger partial charge >= 0.3 is 0 Å². The Morgan fingerprint density at radius 2 is 2.04 bits per heavy atom. The van der Waals surface area contributed by atoms with Crippen LogP contribution in [-0.2, 0) is 0 Å². The number of benzene rings is 1. The third-order valence-corrected chi connectivity index (χ3v) is 5.33. The fourth-order valence-corrected chi connectivity index (χ4v) is 3.62. The number of hydrogen-bond donors (Lipinski definition) is 4. The van der Waals surface area contributed by atoms with Crippen molar-refractivity contribution in [1.82, 2.24) is 10.3 Å². The van der Waals surface area contributed by atoms with Crippen LogP contribution in [0.3, 0.4) is 0 Å². The monoisotopic (exact) mass is 505 g/mol. The van der Waals surface area contributed by atoms with Crippen molar-refractivity contribution in [2.45, 2.75) is 37.5 Å². The molecule has 1 heterocycles. The highest BCUT2D eigenvalue weighted by Crippen LogP contribution is 2.26. The van der Waals surface area contributed by atoms with Gasteiger partial charge in [0.25, 0.3) is 5.91 Å². The van der Waals surface area contributed by atoms with Crippen molar-refractivity contribution in [3.05, 3.63) is 50.6 Å². The Morgan fingerprint density at radius 3 is 2.78 bits per heavy atom. The van der Waals surface area contributed by atoms with Crippen LogP contribution < -0.4 is 10.6 Å². The molecule has 1 aliphatic rings. The quantitative estimate of drug-likeness (QED) is 0.378. The van der Waals surface area contributed by atoms with E-state index < -0.39 is 30.0 Å². The maximum atomic E-state index is 14.1. The highest BCUT2D eigenvalue weighted by Gasteiger charge is 2.32. The number of carbonyl (C=O) groups is 1. The van der Waals surface area contributed by atoms with E-state index in [1.807, 2.05) is 22.6 Å². The Morgan fingerprint density at radius 1 is 1.26 bits per heavy atom. The molecule has 1 fully saturated rings. The number of nitrogens with zero attached hydrogens (tertiary/aromatic N) is 1. The number of aromatic nitrogens is 1. The predicted molar refractivity (Wildman–Crippen MR) is 109 cm³/mol. The van der Waals surface area contributed by atoms with Gasteiger partial charge in [-0.2, -0.15) is 0 Å². The summed E-state index contributed by atoms with van der Waals surface area (Å²) in [5, 5.41) is 25.6. The first kappa shape index (κ1) is 20.2. The van der Waals surface area contributed by atoms with Gasteiger partial charge in [0.2, 0.25) is 0 Å². The predicted octanol–water partition coefficient (Wildman–Crippen LogP) is 3.23. The zero-order valence-electron chi connectivity index (χ0n) is 14.1. The minimum absolute atomic E-state index is 0.109. The van der Waals surface area contributed by atoms with Gasteiger partial charge in [-0.25, -0.2) is 9.37 Å². The second kappa shape index (κ2) is 8.68. The fourth-order valence-electron chi connectivity index (χ4n) is 3.01. The van der Waals surface area contributed by atoms with Crippen LogP contribution in [0.25, 0.3) is 0 Å². The summed E-state index contributed by atoms with van der Waals surface area (Å²) in [5.74, 6) is -0.958. The van der Waals surface area contributed by atoms with Crippen LogP contribution >= 0.6 is 34.2 Å². The van der Waals surface area contributed by atoms with Crippen molar-refractivity contribution < 1.29 is 19.4 Å². The lowest BCUT2D eigenvalue weighted by Crippen LogP contribution is -2.51. The third kappa shape index (κ3) is 4.87. The van der Waals surface area contributed by atoms with E-state index >= 15 is 0 Å². The lowest BCUT2D eigenvalue weighted by Gasteiger charge is -2.32. The van der Waals surface area contributed by atoms with Crippen molar-refractivity contribution in [1.29, 1.82) is 0 Å². The second-order valence-electron chi connectivity index (χ2n) is 6.37. The molecule has 3 unspecified atom stereocenters. The van der Waals surface area contributed by atoms with Crippen LogP contribution in [0.15, 0.2) is 30.5 Å². The fraction of sp³-hybridized carbons (Fsp3) is 0.333. The topological polar surface area (TPSA) is 94.5 Å². The van der Waals surface area contributed by atoms with Gasteiger partial charge in [-0.3, -0.25) is 4.79 Å². The first-order valence-electron chi connectivity index (χ1n) is 8.40. The van der Waals surface area contributed by atoms with Gasteiger partial charge in [0.05, 0.1) is 41.4 Å². The Labute approximate surface area is 174 Å². The molecule has 1 aliphatic carbocycles. The van der Waals surface area contributed by atoms with Crippen LogP contribution in [0.1, 0.15) is 29.6 Å². The molecule has 2 aromatic rings. The molecule has 0 spiro atoms. The number of carbonyl (C=O) groups excluding carboxylic acids is 1. The highest BCUT2D eigenvalue weighted by molar-refractivity contribution is 14.1. The number of hydrogen-bond acceptors (Lipinski definition) is 5. The average molecular weight is 506 g/mol. The minimum Gasteiger partial charge on any atom is -0.390 e. The first-order valence-corrected chi connectivity index (χ1v) is 9.85. The van der Waals surface area contributed by atoms with Gasteiger partial charge in [-0.15, -0.1) is 0 Å². The zero-order valence-corrected chi connectivity index (χ0v) is 17.0. The number of aliphatic hydroxyl groups excluding tert-OH is 2. The van der Waals surface area contributed by atoms with Gasteiger partial charge in [-0.05, 0) is 66.1 Å². The number of aliphatic hydroxyl groups is 2. The minimum atomic E-state index is -1.04. The van der Waals surface area contributed by atoms with Crippen LogP contribution in [-0.4, -0.2) is 39.4 Å². The lowest BCUT2D eigenvalue weighted by molar-refractivity contribution is -0.0277. The van der Waals surface area contributed by atoms with E-state index in [0.717, 1.165) is 3.57 Å². The van der Waals surface area contributed by atoms with Crippen molar-refractivity contribution in [3.63, 3.8) is 0 Å². The molecule has 6 nitrogen and oxygen atoms in total. The molecule has 1 amide bonds. The SMILES string of the molecule is O=C(NC1CCCC(O)C1O)c1cc(Cl)ncc1Nc1ccc(I)cc1F. The highest BCUT2D eigenvalue weighted by atomic mass is 127. The van der Waals surface area contributed by atoms with E-state index in [1.165, 1.54) is 18.3 Å². The molecule has 0 aliphatic heterocycles. The van der Waals surface area contributed by atoms with Crippen LogP contribution in [0.5, 0.6) is 0 Å². The van der Waals surface area contributed by atoms with Gasteiger partial charge in [0.1, 0.15) is 11.0 Å². The molecule has 1 aromatic carbocycles. The van der Waals surface area contributed by atoms with Crippen molar-refractivity contribution >= 4 is 51.5 Å². The molecule has 1 saturated carbocycles. The maximum Gasteiger partial charge on any atom is 0.253 e. The normalized spacial score (nSPS) is 22.3. The number of halogens is 3. The van der Waals surface area contributed by atoms with E-state index in [9.17, 15) is 19.4 Å². The van der Waals surface area contributed by atoms with E-state index in [2.05, 4.69) is 15.6 Å². The molecule has 1 aromatic heterocycles. The average Bonchev–Trinajstić information content (AvgIpc) is 2.62. The Bertz CT molecular complexity index is 855. The third-order valence-electron chi connectivity index (χ3n) is 4.45. The number of nitrogens with one attached hydrogen (secondary N) is 2. The maximum absolute atomic E-state index is 14.1. The molecule has 0 radical (unpaired) electrons. The summed E-state index contributed by atoms with van der Waals surface area (Å²) in [6.07, 6.45) is 1.18. The standard InChI is InChI=1S/C18H18ClFIN3O3/c19-16-7-10(18(27)24-13-2-1-3-15(25)17(13)26)14(8-22-16)23-12-5-4-9(21)6-11(12)20/h4-8,13,15,17,23,25-26H,1-3H2,(H,24,27). The smallest absolute Gasteiger partial charge is 0.253 e.